The molecule has 4 saturated carbocycles. The maximum Gasteiger partial charge on any atom is 0.171 e. The van der Waals surface area contributed by atoms with E-state index in [9.17, 15) is 4.79 Å². The van der Waals surface area contributed by atoms with Crippen molar-refractivity contribution < 1.29 is 19.0 Å². The lowest BCUT2D eigenvalue weighted by molar-refractivity contribution is -0.273. The van der Waals surface area contributed by atoms with Gasteiger partial charge in [0.05, 0.1) is 25.4 Å². The fourth-order valence-corrected chi connectivity index (χ4v) is 11.0. The summed E-state index contributed by atoms with van der Waals surface area (Å²) in [4.78, 5) is 13.9. The number of benzene rings is 1. The molecule has 2 saturated heterocycles. The largest absolute Gasteiger partial charge is 0.374 e. The van der Waals surface area contributed by atoms with Crippen LogP contribution in [0, 0.1) is 52.3 Å². The van der Waals surface area contributed by atoms with Crippen LogP contribution < -0.4 is 0 Å². The van der Waals surface area contributed by atoms with E-state index >= 15 is 0 Å². The number of hydrogen-bond acceptors (Lipinski definition) is 4. The second kappa shape index (κ2) is 9.14. The van der Waals surface area contributed by atoms with Crippen molar-refractivity contribution >= 4 is 5.78 Å². The normalized spacial score (nSPS) is 51.8. The number of Topliss-reactive ketones (excluding diaryl/α,β-unsaturated/α-hetero) is 1. The topological polar surface area (TPSA) is 44.8 Å². The Morgan fingerprint density at radius 2 is 1.74 bits per heavy atom. The van der Waals surface area contributed by atoms with Crippen LogP contribution in [-0.4, -0.2) is 30.4 Å². The molecule has 6 fully saturated rings. The number of ketones is 1. The second-order valence-corrected chi connectivity index (χ2v) is 14.8. The van der Waals surface area contributed by atoms with Crippen LogP contribution in [0.25, 0.3) is 0 Å². The highest BCUT2D eigenvalue weighted by molar-refractivity contribution is 5.83. The molecule has 38 heavy (non-hydrogen) atoms. The summed E-state index contributed by atoms with van der Waals surface area (Å²) in [6.45, 7) is 11.2. The van der Waals surface area contributed by atoms with Gasteiger partial charge in [-0.25, -0.2) is 0 Å². The van der Waals surface area contributed by atoms with Crippen molar-refractivity contribution in [1.82, 2.24) is 0 Å². The quantitative estimate of drug-likeness (QED) is 0.423. The first-order chi connectivity index (χ1) is 18.2. The lowest BCUT2D eigenvalue weighted by Gasteiger charge is -2.60. The Kier molecular flexibility index (Phi) is 6.19. The Labute approximate surface area is 229 Å². The number of rotatable bonds is 3. The molecule has 2 heterocycles. The van der Waals surface area contributed by atoms with Crippen LogP contribution in [-0.2, 0) is 25.6 Å². The first-order valence-electron chi connectivity index (χ1n) is 15.7. The fraction of sp³-hybridized carbons (Fsp3) is 0.794. The minimum absolute atomic E-state index is 0.127. The fourth-order valence-electron chi connectivity index (χ4n) is 11.0. The van der Waals surface area contributed by atoms with Gasteiger partial charge in [0.15, 0.2) is 5.79 Å². The molecule has 1 spiro atoms. The van der Waals surface area contributed by atoms with E-state index in [0.29, 0.717) is 54.0 Å². The minimum Gasteiger partial charge on any atom is -0.374 e. The molecular formula is C34H48O4. The second-order valence-electron chi connectivity index (χ2n) is 14.8. The average Bonchev–Trinajstić information content (AvgIpc) is 3.36. The summed E-state index contributed by atoms with van der Waals surface area (Å²) in [7, 11) is 0. The van der Waals surface area contributed by atoms with E-state index in [2.05, 4.69) is 52.0 Å². The van der Waals surface area contributed by atoms with Gasteiger partial charge in [-0.2, -0.15) is 0 Å². The van der Waals surface area contributed by atoms with Gasteiger partial charge in [-0.1, -0.05) is 58.0 Å². The Bertz CT molecular complexity index is 1050. The third kappa shape index (κ3) is 3.75. The van der Waals surface area contributed by atoms with Gasteiger partial charge in [0.1, 0.15) is 5.78 Å². The lowest BCUT2D eigenvalue weighted by Crippen LogP contribution is -2.57. The average molecular weight is 521 g/mol. The van der Waals surface area contributed by atoms with Crippen LogP contribution in [0.4, 0.5) is 0 Å². The van der Waals surface area contributed by atoms with E-state index < -0.39 is 0 Å². The lowest BCUT2D eigenvalue weighted by atomic mass is 9.44. The van der Waals surface area contributed by atoms with Gasteiger partial charge < -0.3 is 14.2 Å². The molecule has 0 aromatic heterocycles. The van der Waals surface area contributed by atoms with Gasteiger partial charge in [-0.3, -0.25) is 4.79 Å². The van der Waals surface area contributed by atoms with Gasteiger partial charge in [-0.05, 0) is 90.9 Å². The standard InChI is InChI=1S/C34H48O4/c1-21-10-15-34(37-19-21)22(2)31-30(38-34)18-27-25-17-29(35)28-16-24(36-20-23-8-6-5-7-9-23)11-13-32(28,3)26(25)12-14-33(27,31)4/h5-9,21-22,24-28,30-31H,10-20H2,1-4H3/t21-,22+,24+,25-,26+,27+,28-,30+,31+,32-,33+,34-/m1/s1. The predicted molar refractivity (Wildman–Crippen MR) is 147 cm³/mol. The van der Waals surface area contributed by atoms with Gasteiger partial charge >= 0.3 is 0 Å². The van der Waals surface area contributed by atoms with Crippen molar-refractivity contribution in [2.45, 2.75) is 110 Å². The molecule has 1 aromatic carbocycles. The summed E-state index contributed by atoms with van der Waals surface area (Å²) < 4.78 is 19.8. The monoisotopic (exact) mass is 520 g/mol. The number of carbonyl (C=O) groups excluding carboxylic acids is 1. The van der Waals surface area contributed by atoms with E-state index in [1.54, 1.807) is 0 Å². The summed E-state index contributed by atoms with van der Waals surface area (Å²) in [5.74, 6) is 3.75. The van der Waals surface area contributed by atoms with Crippen LogP contribution in [0.3, 0.4) is 0 Å². The number of ether oxygens (including phenoxy) is 3. The third-order valence-corrected chi connectivity index (χ3v) is 13.0. The highest BCUT2D eigenvalue weighted by atomic mass is 16.7. The van der Waals surface area contributed by atoms with Crippen molar-refractivity contribution in [2.24, 2.45) is 52.3 Å². The maximum atomic E-state index is 13.9. The Morgan fingerprint density at radius 1 is 0.947 bits per heavy atom. The molecule has 0 unspecified atom stereocenters. The van der Waals surface area contributed by atoms with Gasteiger partial charge in [0, 0.05) is 24.7 Å². The Hall–Kier alpha value is -1.23. The molecule has 12 atom stereocenters. The molecular weight excluding hydrogens is 472 g/mol. The van der Waals surface area contributed by atoms with E-state index in [-0.39, 0.29) is 28.6 Å². The molecule has 208 valence electrons. The molecule has 6 aliphatic rings. The summed E-state index contributed by atoms with van der Waals surface area (Å²) in [5, 5.41) is 0. The van der Waals surface area contributed by atoms with Crippen molar-refractivity contribution in [2.75, 3.05) is 6.61 Å². The molecule has 4 nitrogen and oxygen atoms in total. The summed E-state index contributed by atoms with van der Waals surface area (Å²) in [6, 6.07) is 10.5. The maximum absolute atomic E-state index is 13.9. The summed E-state index contributed by atoms with van der Waals surface area (Å²) >= 11 is 0. The first-order valence-corrected chi connectivity index (χ1v) is 15.7. The van der Waals surface area contributed by atoms with Crippen LogP contribution in [0.1, 0.15) is 91.0 Å². The van der Waals surface area contributed by atoms with Crippen LogP contribution >= 0.6 is 0 Å². The zero-order valence-corrected chi connectivity index (χ0v) is 24.0. The highest BCUT2D eigenvalue weighted by Gasteiger charge is 2.69. The van der Waals surface area contributed by atoms with Gasteiger partial charge in [0.2, 0.25) is 0 Å². The predicted octanol–water partition coefficient (Wildman–Crippen LogP) is 7.20. The van der Waals surface area contributed by atoms with Crippen molar-refractivity contribution in [1.29, 1.82) is 0 Å². The first kappa shape index (κ1) is 25.7. The number of hydrogen-bond donors (Lipinski definition) is 0. The molecule has 0 radical (unpaired) electrons. The molecule has 1 aromatic rings. The molecule has 7 rings (SSSR count). The summed E-state index contributed by atoms with van der Waals surface area (Å²) in [6.07, 6.45) is 10.3. The molecule has 0 bridgehead atoms. The molecule has 0 amide bonds. The smallest absolute Gasteiger partial charge is 0.171 e. The van der Waals surface area contributed by atoms with Crippen molar-refractivity contribution in [3.63, 3.8) is 0 Å². The Morgan fingerprint density at radius 3 is 2.50 bits per heavy atom. The number of fused-ring (bicyclic) bond motifs is 7. The van der Waals surface area contributed by atoms with E-state index in [0.717, 1.165) is 45.1 Å². The highest BCUT2D eigenvalue weighted by Crippen LogP contribution is 2.71. The van der Waals surface area contributed by atoms with Crippen LogP contribution in [0.2, 0.25) is 0 Å². The molecule has 4 aliphatic carbocycles. The Balaban J connectivity index is 1.07. The van der Waals surface area contributed by atoms with E-state index in [1.165, 1.54) is 24.8 Å². The van der Waals surface area contributed by atoms with E-state index in [1.807, 2.05) is 6.07 Å². The number of carbonyl (C=O) groups is 1. The summed E-state index contributed by atoms with van der Waals surface area (Å²) in [5.41, 5.74) is 1.61. The van der Waals surface area contributed by atoms with Gasteiger partial charge in [0.25, 0.3) is 0 Å². The molecule has 2 aliphatic heterocycles. The third-order valence-electron chi connectivity index (χ3n) is 13.0. The zero-order valence-electron chi connectivity index (χ0n) is 24.0. The van der Waals surface area contributed by atoms with Crippen molar-refractivity contribution in [3.05, 3.63) is 35.9 Å². The van der Waals surface area contributed by atoms with Crippen molar-refractivity contribution in [3.8, 4) is 0 Å². The van der Waals surface area contributed by atoms with Crippen LogP contribution in [0.5, 0.6) is 0 Å². The minimum atomic E-state index is -0.357. The van der Waals surface area contributed by atoms with E-state index in [4.69, 9.17) is 14.2 Å². The molecule has 0 N–H and O–H groups in total. The molecule has 4 heteroatoms. The van der Waals surface area contributed by atoms with Crippen LogP contribution in [0.15, 0.2) is 30.3 Å². The zero-order chi connectivity index (χ0) is 26.3. The SMILES string of the molecule is C[C@@H]1CC[C@@]2(OC1)O[C@H]1C[C@H]3[C@@H]4CC(=O)[C@H]5C[C@@H](OCc6ccccc6)CC[C@]5(C)[C@H]4CC[C@]3(C)[C@H]1[C@@H]2C. The van der Waals surface area contributed by atoms with Gasteiger partial charge in [-0.15, -0.1) is 0 Å².